The van der Waals surface area contributed by atoms with Crippen LogP contribution in [0.3, 0.4) is 0 Å². The largest absolute Gasteiger partial charge is 0.395 e. The first-order valence-electron chi connectivity index (χ1n) is 8.27. The Hall–Kier alpha value is -1.94. The Bertz CT molecular complexity index is 764. The summed E-state index contributed by atoms with van der Waals surface area (Å²) in [7, 11) is 0. The van der Waals surface area contributed by atoms with Crippen molar-refractivity contribution in [1.82, 2.24) is 9.88 Å². The Morgan fingerprint density at radius 1 is 1.35 bits per heavy atom. The molecule has 1 aliphatic rings. The Balaban J connectivity index is 1.70. The minimum atomic E-state index is -0.343. The molecular weight excluding hydrogens is 378 g/mol. The molecule has 1 aromatic heterocycles. The van der Waals surface area contributed by atoms with Gasteiger partial charge in [0.25, 0.3) is 5.69 Å². The quantitative estimate of drug-likeness (QED) is 0.547. The number of hydrogen-bond donors (Lipinski definition) is 2. The molecule has 0 spiro atoms. The Kier molecular flexibility index (Phi) is 6.25. The lowest BCUT2D eigenvalue weighted by Gasteiger charge is -2.35. The average molecular weight is 398 g/mol. The third-order valence-electron chi connectivity index (χ3n) is 4.29. The SMILES string of the molecule is O=[N+]([O-])c1cc(NCc2cnc(Cl)s2)ccc1N1CCN(CCO)CC1. The number of anilines is 2. The third-order valence-corrected chi connectivity index (χ3v) is 5.41. The van der Waals surface area contributed by atoms with Gasteiger partial charge in [0.1, 0.15) is 5.69 Å². The van der Waals surface area contributed by atoms with Crippen LogP contribution in [0.2, 0.25) is 4.47 Å². The van der Waals surface area contributed by atoms with Gasteiger partial charge in [-0.15, -0.1) is 11.3 Å². The number of aliphatic hydroxyl groups is 1. The number of hydrogen-bond acceptors (Lipinski definition) is 8. The summed E-state index contributed by atoms with van der Waals surface area (Å²) in [5, 5.41) is 23.7. The smallest absolute Gasteiger partial charge is 0.294 e. The highest BCUT2D eigenvalue weighted by Gasteiger charge is 2.24. The van der Waals surface area contributed by atoms with Crippen molar-refractivity contribution in [2.45, 2.75) is 6.54 Å². The highest BCUT2D eigenvalue weighted by atomic mass is 35.5. The first-order valence-corrected chi connectivity index (χ1v) is 9.47. The Morgan fingerprint density at radius 2 is 2.12 bits per heavy atom. The van der Waals surface area contributed by atoms with Crippen molar-refractivity contribution in [2.75, 3.05) is 49.5 Å². The summed E-state index contributed by atoms with van der Waals surface area (Å²) in [6, 6.07) is 5.21. The second-order valence-electron chi connectivity index (χ2n) is 5.95. The summed E-state index contributed by atoms with van der Waals surface area (Å²) in [5.74, 6) is 0. The second kappa shape index (κ2) is 8.63. The molecule has 8 nitrogen and oxygen atoms in total. The number of thiazole rings is 1. The maximum atomic E-state index is 11.5. The number of benzene rings is 1. The molecule has 2 heterocycles. The van der Waals surface area contributed by atoms with E-state index in [0.29, 0.717) is 42.0 Å². The predicted molar refractivity (Wildman–Crippen MR) is 103 cm³/mol. The monoisotopic (exact) mass is 397 g/mol. The standard InChI is InChI=1S/C16H20ClN5O3S/c17-16-19-11-13(26-16)10-18-12-1-2-14(15(9-12)22(24)25)21-5-3-20(4-6-21)7-8-23/h1-2,9,11,18,23H,3-8,10H2. The lowest BCUT2D eigenvalue weighted by molar-refractivity contribution is -0.384. The minimum absolute atomic E-state index is 0.0907. The van der Waals surface area contributed by atoms with Crippen molar-refractivity contribution in [3.63, 3.8) is 0 Å². The van der Waals surface area contributed by atoms with E-state index < -0.39 is 0 Å². The minimum Gasteiger partial charge on any atom is -0.395 e. The molecule has 0 radical (unpaired) electrons. The van der Waals surface area contributed by atoms with Gasteiger partial charge in [-0.2, -0.15) is 0 Å². The van der Waals surface area contributed by atoms with E-state index in [1.807, 2.05) is 11.0 Å². The fourth-order valence-electron chi connectivity index (χ4n) is 2.96. The number of piperazine rings is 1. The molecule has 1 aromatic carbocycles. The molecule has 1 aliphatic heterocycles. The van der Waals surface area contributed by atoms with Crippen LogP contribution in [0.15, 0.2) is 24.4 Å². The number of nitro groups is 1. The molecule has 3 rings (SSSR count). The summed E-state index contributed by atoms with van der Waals surface area (Å²) in [6.07, 6.45) is 1.69. The van der Waals surface area contributed by atoms with Crippen molar-refractivity contribution in [1.29, 1.82) is 0 Å². The van der Waals surface area contributed by atoms with Gasteiger partial charge in [0.05, 0.1) is 18.1 Å². The van der Waals surface area contributed by atoms with Gasteiger partial charge in [-0.05, 0) is 12.1 Å². The molecule has 2 N–H and O–H groups in total. The average Bonchev–Trinajstić information content (AvgIpc) is 3.06. The molecule has 1 saturated heterocycles. The van der Waals surface area contributed by atoms with Crippen molar-refractivity contribution in [2.24, 2.45) is 0 Å². The van der Waals surface area contributed by atoms with Crippen LogP contribution in [0.25, 0.3) is 0 Å². The summed E-state index contributed by atoms with van der Waals surface area (Å²) < 4.78 is 0.475. The molecule has 1 fully saturated rings. The number of β-amino-alcohol motifs (C(OH)–C–C–N with tert-alkyl or cyclic N) is 1. The molecule has 0 atom stereocenters. The number of rotatable bonds is 7. The zero-order chi connectivity index (χ0) is 18.5. The molecule has 10 heteroatoms. The summed E-state index contributed by atoms with van der Waals surface area (Å²) in [6.45, 7) is 4.25. The Labute approximate surface area is 160 Å². The van der Waals surface area contributed by atoms with Crippen molar-refractivity contribution >= 4 is 40.0 Å². The van der Waals surface area contributed by atoms with Crippen LogP contribution < -0.4 is 10.2 Å². The zero-order valence-electron chi connectivity index (χ0n) is 14.1. The van der Waals surface area contributed by atoms with Crippen LogP contribution in [-0.4, -0.2) is 59.2 Å². The van der Waals surface area contributed by atoms with Gasteiger partial charge in [-0.3, -0.25) is 15.0 Å². The molecular formula is C16H20ClN5O3S. The molecule has 0 unspecified atom stereocenters. The highest BCUT2D eigenvalue weighted by Crippen LogP contribution is 2.32. The third kappa shape index (κ3) is 4.61. The predicted octanol–water partition coefficient (Wildman–Crippen LogP) is 2.43. The van der Waals surface area contributed by atoms with E-state index in [9.17, 15) is 10.1 Å². The normalized spacial score (nSPS) is 15.2. The number of halogens is 1. The van der Waals surface area contributed by atoms with Crippen LogP contribution in [0.1, 0.15) is 4.88 Å². The molecule has 2 aromatic rings. The van der Waals surface area contributed by atoms with Gasteiger partial charge in [-0.1, -0.05) is 11.6 Å². The van der Waals surface area contributed by atoms with Crippen molar-refractivity contribution < 1.29 is 10.0 Å². The number of aromatic nitrogens is 1. The van der Waals surface area contributed by atoms with Crippen molar-refractivity contribution in [3.8, 4) is 0 Å². The zero-order valence-corrected chi connectivity index (χ0v) is 15.7. The van der Waals surface area contributed by atoms with Gasteiger partial charge in [0, 0.05) is 55.6 Å². The topological polar surface area (TPSA) is 94.8 Å². The lowest BCUT2D eigenvalue weighted by Crippen LogP contribution is -2.47. The maximum Gasteiger partial charge on any atom is 0.294 e. The maximum absolute atomic E-state index is 11.5. The second-order valence-corrected chi connectivity index (χ2v) is 7.64. The van der Waals surface area contributed by atoms with Crippen LogP contribution >= 0.6 is 22.9 Å². The van der Waals surface area contributed by atoms with E-state index in [1.54, 1.807) is 18.3 Å². The molecule has 0 amide bonds. The van der Waals surface area contributed by atoms with E-state index in [-0.39, 0.29) is 17.2 Å². The van der Waals surface area contributed by atoms with Crippen LogP contribution in [0.4, 0.5) is 17.1 Å². The summed E-state index contributed by atoms with van der Waals surface area (Å²) in [4.78, 5) is 20.3. The fraction of sp³-hybridized carbons (Fsp3) is 0.438. The first kappa shape index (κ1) is 18.8. The van der Waals surface area contributed by atoms with E-state index in [2.05, 4.69) is 15.2 Å². The fourth-order valence-corrected chi connectivity index (χ4v) is 3.87. The molecule has 0 saturated carbocycles. The molecule has 0 aliphatic carbocycles. The van der Waals surface area contributed by atoms with Crippen molar-refractivity contribution in [3.05, 3.63) is 43.9 Å². The van der Waals surface area contributed by atoms with Gasteiger partial charge in [-0.25, -0.2) is 4.98 Å². The number of nitrogens with one attached hydrogen (secondary N) is 1. The Morgan fingerprint density at radius 3 is 2.73 bits per heavy atom. The van der Waals surface area contributed by atoms with E-state index in [4.69, 9.17) is 16.7 Å². The van der Waals surface area contributed by atoms with Gasteiger partial charge in [0.15, 0.2) is 4.47 Å². The number of aliphatic hydroxyl groups excluding tert-OH is 1. The number of nitro benzene ring substituents is 1. The highest BCUT2D eigenvalue weighted by molar-refractivity contribution is 7.15. The summed E-state index contributed by atoms with van der Waals surface area (Å²) >= 11 is 7.19. The lowest BCUT2D eigenvalue weighted by atomic mass is 10.2. The van der Waals surface area contributed by atoms with Gasteiger partial charge >= 0.3 is 0 Å². The van der Waals surface area contributed by atoms with Gasteiger partial charge < -0.3 is 15.3 Å². The number of nitrogens with zero attached hydrogens (tertiary/aromatic N) is 4. The molecule has 0 bridgehead atoms. The van der Waals surface area contributed by atoms with E-state index in [1.165, 1.54) is 11.3 Å². The van der Waals surface area contributed by atoms with E-state index >= 15 is 0 Å². The van der Waals surface area contributed by atoms with Crippen LogP contribution in [0.5, 0.6) is 0 Å². The molecule has 26 heavy (non-hydrogen) atoms. The molecule has 140 valence electrons. The van der Waals surface area contributed by atoms with E-state index in [0.717, 1.165) is 18.0 Å². The summed E-state index contributed by atoms with van der Waals surface area (Å²) in [5.41, 5.74) is 1.40. The first-order chi connectivity index (χ1) is 12.6. The van der Waals surface area contributed by atoms with Gasteiger partial charge in [0.2, 0.25) is 0 Å². The van der Waals surface area contributed by atoms with Crippen LogP contribution in [-0.2, 0) is 6.54 Å². The van der Waals surface area contributed by atoms with Crippen LogP contribution in [0, 0.1) is 10.1 Å².